The maximum atomic E-state index is 12.0. The standard InChI is InChI=1S/C14H19F2N3OS/c1-3-4-9-17-14(21)19(2)18-10-11-5-7-12(8-6-11)20-13(15)16/h5-8,10,13H,3-4,9H2,1-2H3,(H,17,21)/b18-10-. The summed E-state index contributed by atoms with van der Waals surface area (Å²) < 4.78 is 28.3. The van der Waals surface area contributed by atoms with E-state index in [1.165, 1.54) is 12.1 Å². The minimum Gasteiger partial charge on any atom is -0.435 e. The molecule has 0 atom stereocenters. The number of rotatable bonds is 7. The predicted molar refractivity (Wildman–Crippen MR) is 83.9 cm³/mol. The number of hydrogen-bond donors (Lipinski definition) is 1. The third-order valence-electron chi connectivity index (χ3n) is 2.59. The second-order valence-electron chi connectivity index (χ2n) is 4.30. The van der Waals surface area contributed by atoms with Gasteiger partial charge in [0.1, 0.15) is 5.75 Å². The molecule has 116 valence electrons. The van der Waals surface area contributed by atoms with E-state index in [2.05, 4.69) is 22.1 Å². The molecule has 0 bridgehead atoms. The van der Waals surface area contributed by atoms with Crippen molar-refractivity contribution in [3.63, 3.8) is 0 Å². The number of benzene rings is 1. The zero-order chi connectivity index (χ0) is 15.7. The van der Waals surface area contributed by atoms with Crippen molar-refractivity contribution in [3.8, 4) is 5.75 Å². The first kappa shape index (κ1) is 17.3. The average molecular weight is 315 g/mol. The Labute approximate surface area is 128 Å². The Morgan fingerprint density at radius 1 is 1.43 bits per heavy atom. The predicted octanol–water partition coefficient (Wildman–Crippen LogP) is 3.23. The summed E-state index contributed by atoms with van der Waals surface area (Å²) >= 11 is 5.17. The van der Waals surface area contributed by atoms with E-state index in [1.807, 2.05) is 0 Å². The number of unbranched alkanes of at least 4 members (excludes halogenated alkanes) is 1. The van der Waals surface area contributed by atoms with Crippen LogP contribution in [-0.2, 0) is 0 Å². The first-order valence-electron chi connectivity index (χ1n) is 6.63. The van der Waals surface area contributed by atoms with Crippen LogP contribution in [0.1, 0.15) is 25.3 Å². The van der Waals surface area contributed by atoms with Crippen molar-refractivity contribution in [1.29, 1.82) is 0 Å². The van der Waals surface area contributed by atoms with Gasteiger partial charge >= 0.3 is 6.61 Å². The summed E-state index contributed by atoms with van der Waals surface area (Å²) in [5, 5.41) is 9.36. The molecular formula is C14H19F2N3OS. The third kappa shape index (κ3) is 6.99. The van der Waals surface area contributed by atoms with Gasteiger partial charge in [-0.3, -0.25) is 0 Å². The lowest BCUT2D eigenvalue weighted by molar-refractivity contribution is -0.0498. The van der Waals surface area contributed by atoms with Crippen LogP contribution in [0.5, 0.6) is 5.75 Å². The third-order valence-corrected chi connectivity index (χ3v) is 2.99. The van der Waals surface area contributed by atoms with E-state index >= 15 is 0 Å². The lowest BCUT2D eigenvalue weighted by atomic mass is 10.2. The molecule has 1 aromatic rings. The summed E-state index contributed by atoms with van der Waals surface area (Å²) in [5.74, 6) is 0.118. The van der Waals surface area contributed by atoms with Gasteiger partial charge in [0.2, 0.25) is 0 Å². The Kier molecular flexibility index (Phi) is 7.60. The molecule has 0 saturated heterocycles. The number of nitrogens with zero attached hydrogens (tertiary/aromatic N) is 2. The summed E-state index contributed by atoms with van der Waals surface area (Å²) in [7, 11) is 1.74. The summed E-state index contributed by atoms with van der Waals surface area (Å²) in [6.45, 7) is 0.102. The van der Waals surface area contributed by atoms with Gasteiger partial charge in [0.25, 0.3) is 0 Å². The van der Waals surface area contributed by atoms with Crippen molar-refractivity contribution in [2.24, 2.45) is 5.10 Å². The first-order valence-corrected chi connectivity index (χ1v) is 7.04. The molecule has 0 aliphatic carbocycles. The zero-order valence-corrected chi connectivity index (χ0v) is 12.9. The Bertz CT molecular complexity index is 466. The van der Waals surface area contributed by atoms with Crippen molar-refractivity contribution in [2.45, 2.75) is 26.4 Å². The molecule has 7 heteroatoms. The first-order chi connectivity index (χ1) is 10.0. The molecule has 0 spiro atoms. The second kappa shape index (κ2) is 9.23. The van der Waals surface area contributed by atoms with Crippen LogP contribution < -0.4 is 10.1 Å². The molecule has 1 N–H and O–H groups in total. The maximum Gasteiger partial charge on any atom is 0.387 e. The van der Waals surface area contributed by atoms with Crippen LogP contribution in [0, 0.1) is 0 Å². The number of hydrazone groups is 1. The smallest absolute Gasteiger partial charge is 0.387 e. The van der Waals surface area contributed by atoms with Crippen LogP contribution in [0.3, 0.4) is 0 Å². The second-order valence-corrected chi connectivity index (χ2v) is 4.69. The van der Waals surface area contributed by atoms with Gasteiger partial charge in [0.15, 0.2) is 5.11 Å². The Morgan fingerprint density at radius 2 is 2.10 bits per heavy atom. The Morgan fingerprint density at radius 3 is 2.67 bits per heavy atom. The van der Waals surface area contributed by atoms with E-state index in [-0.39, 0.29) is 5.75 Å². The molecule has 0 aliphatic heterocycles. The number of halogens is 2. The number of hydrogen-bond acceptors (Lipinski definition) is 3. The fourth-order valence-corrected chi connectivity index (χ4v) is 1.58. The topological polar surface area (TPSA) is 36.9 Å². The highest BCUT2D eigenvalue weighted by molar-refractivity contribution is 7.80. The van der Waals surface area contributed by atoms with Crippen LogP contribution in [0.15, 0.2) is 29.4 Å². The van der Waals surface area contributed by atoms with Gasteiger partial charge in [-0.05, 0) is 48.5 Å². The normalized spacial score (nSPS) is 10.9. The molecule has 1 rings (SSSR count). The summed E-state index contributed by atoms with van der Waals surface area (Å²) in [4.78, 5) is 0. The highest BCUT2D eigenvalue weighted by Crippen LogP contribution is 2.14. The Balaban J connectivity index is 2.49. The number of thiocarbonyl (C=S) groups is 1. The number of alkyl halides is 2. The molecule has 1 aromatic carbocycles. The van der Waals surface area contributed by atoms with Crippen molar-refractivity contribution in [3.05, 3.63) is 29.8 Å². The van der Waals surface area contributed by atoms with E-state index in [0.717, 1.165) is 24.9 Å². The highest BCUT2D eigenvalue weighted by Gasteiger charge is 2.03. The molecule has 0 saturated carbocycles. The molecular weight excluding hydrogens is 296 g/mol. The minimum atomic E-state index is -2.82. The average Bonchev–Trinajstić information content (AvgIpc) is 2.45. The van der Waals surface area contributed by atoms with E-state index in [1.54, 1.807) is 30.4 Å². The molecule has 4 nitrogen and oxygen atoms in total. The van der Waals surface area contributed by atoms with Gasteiger partial charge in [0.05, 0.1) is 6.21 Å². The monoisotopic (exact) mass is 315 g/mol. The summed E-state index contributed by atoms with van der Waals surface area (Å²) in [6, 6.07) is 6.21. The molecule has 0 radical (unpaired) electrons. The molecule has 0 aromatic heterocycles. The lowest BCUT2D eigenvalue weighted by Gasteiger charge is -2.15. The van der Waals surface area contributed by atoms with Gasteiger partial charge in [-0.1, -0.05) is 13.3 Å². The molecule has 0 amide bonds. The zero-order valence-electron chi connectivity index (χ0n) is 12.1. The SMILES string of the molecule is CCCCNC(=S)N(C)/N=C\c1ccc(OC(F)F)cc1. The van der Waals surface area contributed by atoms with Crippen LogP contribution in [0.4, 0.5) is 8.78 Å². The van der Waals surface area contributed by atoms with Crippen LogP contribution in [-0.4, -0.2) is 36.5 Å². The van der Waals surface area contributed by atoms with Gasteiger partial charge in [-0.15, -0.1) is 0 Å². The van der Waals surface area contributed by atoms with Crippen LogP contribution >= 0.6 is 12.2 Å². The van der Waals surface area contributed by atoms with Gasteiger partial charge in [-0.2, -0.15) is 13.9 Å². The molecule has 21 heavy (non-hydrogen) atoms. The van der Waals surface area contributed by atoms with E-state index in [0.29, 0.717) is 5.11 Å². The molecule has 0 heterocycles. The summed E-state index contributed by atoms with van der Waals surface area (Å²) in [6.07, 6.45) is 3.74. The van der Waals surface area contributed by atoms with Gasteiger partial charge in [-0.25, -0.2) is 5.01 Å². The molecule has 0 unspecified atom stereocenters. The van der Waals surface area contributed by atoms with Crippen molar-refractivity contribution in [1.82, 2.24) is 10.3 Å². The van der Waals surface area contributed by atoms with Gasteiger partial charge in [0, 0.05) is 13.6 Å². The summed E-state index contributed by atoms with van der Waals surface area (Å²) in [5.41, 5.74) is 0.764. The van der Waals surface area contributed by atoms with E-state index in [9.17, 15) is 8.78 Å². The number of ether oxygens (including phenoxy) is 1. The quantitative estimate of drug-likeness (QED) is 0.363. The van der Waals surface area contributed by atoms with Crippen molar-refractivity contribution in [2.75, 3.05) is 13.6 Å². The number of nitrogens with one attached hydrogen (secondary N) is 1. The van der Waals surface area contributed by atoms with Crippen molar-refractivity contribution >= 4 is 23.5 Å². The molecule has 0 aliphatic rings. The van der Waals surface area contributed by atoms with Crippen molar-refractivity contribution < 1.29 is 13.5 Å². The lowest BCUT2D eigenvalue weighted by Crippen LogP contribution is -2.34. The fourth-order valence-electron chi connectivity index (χ4n) is 1.43. The van der Waals surface area contributed by atoms with E-state index in [4.69, 9.17) is 12.2 Å². The molecule has 0 fully saturated rings. The largest absolute Gasteiger partial charge is 0.435 e. The minimum absolute atomic E-state index is 0.118. The highest BCUT2D eigenvalue weighted by atomic mass is 32.1. The van der Waals surface area contributed by atoms with E-state index < -0.39 is 6.61 Å². The fraction of sp³-hybridized carbons (Fsp3) is 0.429. The maximum absolute atomic E-state index is 12.0. The van der Waals surface area contributed by atoms with Gasteiger partial charge < -0.3 is 10.1 Å². The van der Waals surface area contributed by atoms with Crippen LogP contribution in [0.25, 0.3) is 0 Å². The Hall–Kier alpha value is -1.76. The van der Waals surface area contributed by atoms with Crippen LogP contribution in [0.2, 0.25) is 0 Å².